The molecule has 0 atom stereocenters. The predicted octanol–water partition coefficient (Wildman–Crippen LogP) is 12.4. The van der Waals surface area contributed by atoms with Crippen molar-refractivity contribution in [3.05, 3.63) is 176 Å². The Kier molecular flexibility index (Phi) is 6.78. The molecule has 4 nitrogen and oxygen atoms in total. The monoisotopic (exact) mass is 651 g/mol. The molecular formula is C47H29N3O. The van der Waals surface area contributed by atoms with Crippen LogP contribution in [0.2, 0.25) is 0 Å². The van der Waals surface area contributed by atoms with E-state index in [0.717, 1.165) is 55.3 Å². The van der Waals surface area contributed by atoms with Crippen molar-refractivity contribution in [3.63, 3.8) is 0 Å². The van der Waals surface area contributed by atoms with Gasteiger partial charge in [0.2, 0.25) is 0 Å². The molecule has 0 spiro atoms. The molecule has 2 heterocycles. The number of aromatic nitrogens is 3. The topological polar surface area (TPSA) is 51.8 Å². The largest absolute Gasteiger partial charge is 0.456 e. The maximum atomic E-state index is 6.28. The molecule has 8 aromatic carbocycles. The lowest BCUT2D eigenvalue weighted by Gasteiger charge is -2.13. The van der Waals surface area contributed by atoms with Crippen molar-refractivity contribution in [1.29, 1.82) is 0 Å². The van der Waals surface area contributed by atoms with Crippen LogP contribution in [0.5, 0.6) is 0 Å². The normalized spacial score (nSPS) is 11.5. The van der Waals surface area contributed by atoms with Crippen LogP contribution < -0.4 is 0 Å². The summed E-state index contributed by atoms with van der Waals surface area (Å²) in [4.78, 5) is 15.5. The second kappa shape index (κ2) is 11.9. The first-order chi connectivity index (χ1) is 25.3. The average Bonchev–Trinajstić information content (AvgIpc) is 3.60. The van der Waals surface area contributed by atoms with Crippen molar-refractivity contribution >= 4 is 43.5 Å². The summed E-state index contributed by atoms with van der Waals surface area (Å²) in [6.45, 7) is 0. The molecule has 10 rings (SSSR count). The van der Waals surface area contributed by atoms with Crippen molar-refractivity contribution in [2.45, 2.75) is 0 Å². The Morgan fingerprint density at radius 2 is 0.863 bits per heavy atom. The molecule has 4 heteroatoms. The number of hydrogen-bond acceptors (Lipinski definition) is 4. The van der Waals surface area contributed by atoms with Gasteiger partial charge in [0.25, 0.3) is 0 Å². The highest BCUT2D eigenvalue weighted by Gasteiger charge is 2.19. The summed E-state index contributed by atoms with van der Waals surface area (Å²) >= 11 is 0. The lowest BCUT2D eigenvalue weighted by molar-refractivity contribution is 0.669. The molecule has 51 heavy (non-hydrogen) atoms. The summed E-state index contributed by atoms with van der Waals surface area (Å²) in [6.07, 6.45) is 0. The highest BCUT2D eigenvalue weighted by Crippen LogP contribution is 2.40. The summed E-state index contributed by atoms with van der Waals surface area (Å²) in [7, 11) is 0. The van der Waals surface area contributed by atoms with Gasteiger partial charge in [-0.05, 0) is 62.0 Å². The summed E-state index contributed by atoms with van der Waals surface area (Å²) in [5, 5.41) is 6.90. The third kappa shape index (κ3) is 5.04. The standard InChI is InChI=1S/C47H29N3O/c1-2-11-30(12-3-1)31-21-26-34(27-22-31)45-48-46(35-28-25-33-24-23-32-13-4-5-14-36(32)41(33)29-35)50-47(49-45)39-16-7-6-15-37(39)38-18-10-20-43-44(38)40-17-8-9-19-42(40)51-43/h1-29H. The summed E-state index contributed by atoms with van der Waals surface area (Å²) < 4.78 is 6.28. The van der Waals surface area contributed by atoms with Crippen LogP contribution in [-0.4, -0.2) is 15.0 Å². The second-order valence-electron chi connectivity index (χ2n) is 12.8. The molecule has 10 aromatic rings. The van der Waals surface area contributed by atoms with Gasteiger partial charge in [0.1, 0.15) is 11.2 Å². The number of hydrogen-bond donors (Lipinski definition) is 0. The van der Waals surface area contributed by atoms with Crippen LogP contribution in [0.15, 0.2) is 180 Å². The van der Waals surface area contributed by atoms with Gasteiger partial charge in [-0.25, -0.2) is 15.0 Å². The summed E-state index contributed by atoms with van der Waals surface area (Å²) in [6, 6.07) is 61.0. The molecule has 0 radical (unpaired) electrons. The van der Waals surface area contributed by atoms with E-state index in [-0.39, 0.29) is 0 Å². The van der Waals surface area contributed by atoms with Crippen LogP contribution in [0.4, 0.5) is 0 Å². The summed E-state index contributed by atoms with van der Waals surface area (Å²) in [5.41, 5.74) is 8.90. The maximum absolute atomic E-state index is 6.28. The first kappa shape index (κ1) is 29.0. The van der Waals surface area contributed by atoms with Crippen molar-refractivity contribution in [1.82, 2.24) is 15.0 Å². The molecule has 0 amide bonds. The van der Waals surface area contributed by atoms with E-state index in [1.54, 1.807) is 0 Å². The van der Waals surface area contributed by atoms with Crippen molar-refractivity contribution in [3.8, 4) is 56.4 Å². The maximum Gasteiger partial charge on any atom is 0.164 e. The first-order valence-electron chi connectivity index (χ1n) is 17.1. The van der Waals surface area contributed by atoms with Crippen LogP contribution >= 0.6 is 0 Å². The molecule has 0 fully saturated rings. The van der Waals surface area contributed by atoms with Gasteiger partial charge in [0.15, 0.2) is 17.5 Å². The minimum absolute atomic E-state index is 0.612. The molecule has 0 aliphatic heterocycles. The number of furan rings is 1. The number of para-hydroxylation sites is 1. The third-order valence-electron chi connectivity index (χ3n) is 9.75. The Morgan fingerprint density at radius 1 is 0.314 bits per heavy atom. The second-order valence-corrected chi connectivity index (χ2v) is 12.8. The molecule has 2 aromatic heterocycles. The van der Waals surface area contributed by atoms with Crippen LogP contribution in [-0.2, 0) is 0 Å². The molecule has 0 unspecified atom stereocenters. The van der Waals surface area contributed by atoms with E-state index in [9.17, 15) is 0 Å². The van der Waals surface area contributed by atoms with Gasteiger partial charge < -0.3 is 4.42 Å². The van der Waals surface area contributed by atoms with Crippen molar-refractivity contribution in [2.24, 2.45) is 0 Å². The fourth-order valence-corrected chi connectivity index (χ4v) is 7.25. The van der Waals surface area contributed by atoms with Crippen LogP contribution in [0.1, 0.15) is 0 Å². The number of benzene rings is 8. The Hall–Kier alpha value is -6.91. The quantitative estimate of drug-likeness (QED) is 0.174. The number of rotatable bonds is 5. The number of fused-ring (bicyclic) bond motifs is 6. The van der Waals surface area contributed by atoms with Gasteiger partial charge in [-0.1, -0.05) is 158 Å². The number of nitrogens with zero attached hydrogens (tertiary/aromatic N) is 3. The molecule has 0 aliphatic rings. The Labute approximate surface area is 294 Å². The molecule has 0 aliphatic carbocycles. The Morgan fingerprint density at radius 3 is 1.71 bits per heavy atom. The molecular weight excluding hydrogens is 623 g/mol. The van der Waals surface area contributed by atoms with Crippen LogP contribution in [0, 0.1) is 0 Å². The van der Waals surface area contributed by atoms with E-state index in [2.05, 4.69) is 146 Å². The smallest absolute Gasteiger partial charge is 0.164 e. The van der Waals surface area contributed by atoms with E-state index < -0.39 is 0 Å². The highest BCUT2D eigenvalue weighted by atomic mass is 16.3. The van der Waals surface area contributed by atoms with Gasteiger partial charge in [0.05, 0.1) is 0 Å². The summed E-state index contributed by atoms with van der Waals surface area (Å²) in [5.74, 6) is 1.86. The van der Waals surface area contributed by atoms with Gasteiger partial charge in [0, 0.05) is 27.5 Å². The van der Waals surface area contributed by atoms with E-state index in [0.29, 0.717) is 17.5 Å². The Bertz CT molecular complexity index is 2910. The predicted molar refractivity (Wildman–Crippen MR) is 209 cm³/mol. The molecule has 0 saturated heterocycles. The fraction of sp³-hybridized carbons (Fsp3) is 0. The van der Waals surface area contributed by atoms with Crippen molar-refractivity contribution < 1.29 is 4.42 Å². The minimum Gasteiger partial charge on any atom is -0.456 e. The van der Waals surface area contributed by atoms with Crippen LogP contribution in [0.3, 0.4) is 0 Å². The van der Waals surface area contributed by atoms with Crippen molar-refractivity contribution in [2.75, 3.05) is 0 Å². The lowest BCUT2D eigenvalue weighted by Crippen LogP contribution is -2.01. The van der Waals surface area contributed by atoms with Gasteiger partial charge in [-0.2, -0.15) is 0 Å². The van der Waals surface area contributed by atoms with Crippen LogP contribution in [0.25, 0.3) is 99.9 Å². The fourth-order valence-electron chi connectivity index (χ4n) is 7.25. The van der Waals surface area contributed by atoms with Gasteiger partial charge in [-0.3, -0.25) is 0 Å². The molecule has 0 N–H and O–H groups in total. The zero-order valence-electron chi connectivity index (χ0n) is 27.5. The minimum atomic E-state index is 0.612. The molecule has 0 bridgehead atoms. The zero-order chi connectivity index (χ0) is 33.7. The Balaban J connectivity index is 1.19. The highest BCUT2D eigenvalue weighted by molar-refractivity contribution is 6.13. The molecule has 0 saturated carbocycles. The first-order valence-corrected chi connectivity index (χ1v) is 17.1. The van der Waals surface area contributed by atoms with E-state index in [1.165, 1.54) is 27.1 Å². The third-order valence-corrected chi connectivity index (χ3v) is 9.75. The van der Waals surface area contributed by atoms with E-state index in [1.807, 2.05) is 30.3 Å². The molecule has 238 valence electrons. The van der Waals surface area contributed by atoms with E-state index >= 15 is 0 Å². The zero-order valence-corrected chi connectivity index (χ0v) is 27.5. The SMILES string of the molecule is c1ccc(-c2ccc(-c3nc(-c4ccc5ccc6ccccc6c5c4)nc(-c4ccccc4-c4cccc5oc6ccccc6c45)n3)cc2)cc1. The van der Waals surface area contributed by atoms with Gasteiger partial charge in [-0.15, -0.1) is 0 Å². The average molecular weight is 652 g/mol. The lowest BCUT2D eigenvalue weighted by atomic mass is 9.95. The van der Waals surface area contributed by atoms with E-state index in [4.69, 9.17) is 19.4 Å². The van der Waals surface area contributed by atoms with Gasteiger partial charge >= 0.3 is 0 Å².